The first-order chi connectivity index (χ1) is 14.2. The van der Waals surface area contributed by atoms with E-state index in [1.54, 1.807) is 20.3 Å². The van der Waals surface area contributed by atoms with E-state index >= 15 is 0 Å². The number of nitrogens with one attached hydrogen (secondary N) is 1. The van der Waals surface area contributed by atoms with Crippen molar-refractivity contribution in [2.24, 2.45) is 0 Å². The molecule has 0 saturated heterocycles. The number of nitrogens with zero attached hydrogens (tertiary/aromatic N) is 2. The molecule has 1 N–H and O–H groups in total. The lowest BCUT2D eigenvalue weighted by molar-refractivity contribution is 0.0943. The number of hydrogen-bond acceptors (Lipinski definition) is 6. The summed E-state index contributed by atoms with van der Waals surface area (Å²) in [5, 5.41) is 8.73. The van der Waals surface area contributed by atoms with Crippen LogP contribution in [0, 0.1) is 0 Å². The number of rotatable bonds is 6. The summed E-state index contributed by atoms with van der Waals surface area (Å²) in [6, 6.07) is 18.8. The molecule has 7 nitrogen and oxygen atoms in total. The van der Waals surface area contributed by atoms with Crippen molar-refractivity contribution in [1.29, 1.82) is 0 Å². The Morgan fingerprint density at radius 3 is 2.41 bits per heavy atom. The minimum atomic E-state index is -0.281. The molecule has 0 aliphatic carbocycles. The van der Waals surface area contributed by atoms with Crippen LogP contribution in [0.15, 0.2) is 65.2 Å². The van der Waals surface area contributed by atoms with Crippen molar-refractivity contribution >= 4 is 16.7 Å². The first-order valence-electron chi connectivity index (χ1n) is 9.00. The number of fused-ring (bicyclic) bond motifs is 1. The minimum Gasteiger partial charge on any atom is -0.497 e. The van der Waals surface area contributed by atoms with Gasteiger partial charge in [-0.05, 0) is 47.2 Å². The average molecular weight is 389 g/mol. The number of benzene rings is 3. The molecule has 3 aromatic carbocycles. The van der Waals surface area contributed by atoms with Gasteiger partial charge in [0.25, 0.3) is 5.91 Å². The Morgan fingerprint density at radius 2 is 1.72 bits per heavy atom. The Bertz CT molecular complexity index is 1150. The molecule has 1 amide bonds. The number of amides is 1. The quantitative estimate of drug-likeness (QED) is 0.539. The molecule has 0 atom stereocenters. The maximum Gasteiger partial charge on any atom is 0.255 e. The highest BCUT2D eigenvalue weighted by Crippen LogP contribution is 2.26. The summed E-state index contributed by atoms with van der Waals surface area (Å²) in [6.07, 6.45) is 0. The summed E-state index contributed by atoms with van der Waals surface area (Å²) in [7, 11) is 3.15. The molecule has 7 heteroatoms. The summed E-state index contributed by atoms with van der Waals surface area (Å²) in [5.41, 5.74) is 1.24. The second kappa shape index (κ2) is 8.02. The van der Waals surface area contributed by atoms with Crippen molar-refractivity contribution in [2.45, 2.75) is 6.54 Å². The van der Waals surface area contributed by atoms with E-state index in [4.69, 9.17) is 14.0 Å². The molecule has 0 radical (unpaired) electrons. The standard InChI is InChI=1S/C22H19N3O4/c1-27-17-9-7-14(8-10-17)21-24-20(29-25-21)13-23-22(26)18-11-15-5-3-4-6-16(15)12-19(18)28-2/h3-12H,13H2,1-2H3,(H,23,26). The maximum atomic E-state index is 12.7. The number of hydrogen-bond donors (Lipinski definition) is 1. The molecule has 0 spiro atoms. The number of methoxy groups -OCH3 is 2. The fourth-order valence-electron chi connectivity index (χ4n) is 3.00. The molecule has 0 saturated carbocycles. The third kappa shape index (κ3) is 3.89. The lowest BCUT2D eigenvalue weighted by Gasteiger charge is -2.10. The third-order valence-electron chi connectivity index (χ3n) is 4.53. The molecule has 0 unspecified atom stereocenters. The fraction of sp³-hybridized carbons (Fsp3) is 0.136. The van der Waals surface area contributed by atoms with Crippen LogP contribution in [-0.2, 0) is 6.54 Å². The first kappa shape index (κ1) is 18.5. The van der Waals surface area contributed by atoms with Gasteiger partial charge in [-0.1, -0.05) is 29.4 Å². The zero-order chi connectivity index (χ0) is 20.2. The predicted molar refractivity (Wildman–Crippen MR) is 108 cm³/mol. The predicted octanol–water partition coefficient (Wildman–Crippen LogP) is 3.84. The van der Waals surface area contributed by atoms with Gasteiger partial charge in [0.2, 0.25) is 11.7 Å². The summed E-state index contributed by atoms with van der Waals surface area (Å²) in [6.45, 7) is 0.109. The van der Waals surface area contributed by atoms with E-state index in [2.05, 4.69) is 15.5 Å². The maximum absolute atomic E-state index is 12.7. The van der Waals surface area contributed by atoms with Crippen LogP contribution in [0.3, 0.4) is 0 Å². The van der Waals surface area contributed by atoms with Gasteiger partial charge in [0.05, 0.1) is 26.3 Å². The second-order valence-electron chi connectivity index (χ2n) is 6.32. The SMILES string of the molecule is COc1ccc(-c2noc(CNC(=O)c3cc4ccccc4cc3OC)n2)cc1. The summed E-state index contributed by atoms with van der Waals surface area (Å²) in [4.78, 5) is 17.0. The van der Waals surface area contributed by atoms with E-state index in [-0.39, 0.29) is 12.5 Å². The molecule has 0 bridgehead atoms. The van der Waals surface area contributed by atoms with Crippen LogP contribution in [0.2, 0.25) is 0 Å². The summed E-state index contributed by atoms with van der Waals surface area (Å²) in [5.74, 6) is 1.72. The van der Waals surface area contributed by atoms with Crippen molar-refractivity contribution in [1.82, 2.24) is 15.5 Å². The van der Waals surface area contributed by atoms with Gasteiger partial charge in [0.1, 0.15) is 11.5 Å². The van der Waals surface area contributed by atoms with Crippen molar-refractivity contribution in [3.63, 3.8) is 0 Å². The van der Waals surface area contributed by atoms with Crippen LogP contribution >= 0.6 is 0 Å². The van der Waals surface area contributed by atoms with Crippen molar-refractivity contribution in [3.8, 4) is 22.9 Å². The summed E-state index contributed by atoms with van der Waals surface area (Å²) >= 11 is 0. The van der Waals surface area contributed by atoms with Crippen molar-refractivity contribution < 1.29 is 18.8 Å². The van der Waals surface area contributed by atoms with Crippen LogP contribution in [0.4, 0.5) is 0 Å². The van der Waals surface area contributed by atoms with E-state index in [9.17, 15) is 4.79 Å². The topological polar surface area (TPSA) is 86.5 Å². The van der Waals surface area contributed by atoms with Crippen LogP contribution in [-0.4, -0.2) is 30.3 Å². The smallest absolute Gasteiger partial charge is 0.255 e. The lowest BCUT2D eigenvalue weighted by Crippen LogP contribution is -2.23. The zero-order valence-corrected chi connectivity index (χ0v) is 16.0. The van der Waals surface area contributed by atoms with E-state index in [0.29, 0.717) is 23.0 Å². The van der Waals surface area contributed by atoms with Gasteiger partial charge in [-0.3, -0.25) is 4.79 Å². The number of aromatic nitrogens is 2. The number of carbonyl (C=O) groups is 1. The van der Waals surface area contributed by atoms with E-state index in [1.807, 2.05) is 54.6 Å². The van der Waals surface area contributed by atoms with Crippen molar-refractivity contribution in [3.05, 3.63) is 72.1 Å². The Balaban J connectivity index is 1.48. The zero-order valence-electron chi connectivity index (χ0n) is 16.0. The fourth-order valence-corrected chi connectivity index (χ4v) is 3.00. The van der Waals surface area contributed by atoms with Gasteiger partial charge in [-0.2, -0.15) is 4.98 Å². The average Bonchev–Trinajstić information content (AvgIpc) is 3.25. The van der Waals surface area contributed by atoms with E-state index < -0.39 is 0 Å². The van der Waals surface area contributed by atoms with Crippen LogP contribution in [0.5, 0.6) is 11.5 Å². The third-order valence-corrected chi connectivity index (χ3v) is 4.53. The Hall–Kier alpha value is -3.87. The molecule has 29 heavy (non-hydrogen) atoms. The minimum absolute atomic E-state index is 0.109. The molecular weight excluding hydrogens is 370 g/mol. The molecule has 1 aromatic heterocycles. The molecule has 4 rings (SSSR count). The van der Waals surface area contributed by atoms with E-state index in [0.717, 1.165) is 22.1 Å². The number of carbonyl (C=O) groups excluding carboxylic acids is 1. The van der Waals surface area contributed by atoms with Gasteiger partial charge >= 0.3 is 0 Å². The molecule has 0 fully saturated rings. The number of ether oxygens (including phenoxy) is 2. The Labute approximate surface area is 167 Å². The lowest BCUT2D eigenvalue weighted by atomic mass is 10.1. The summed E-state index contributed by atoms with van der Waals surface area (Å²) < 4.78 is 15.8. The molecule has 146 valence electrons. The van der Waals surface area contributed by atoms with Gasteiger partial charge in [-0.25, -0.2) is 0 Å². The Morgan fingerprint density at radius 1 is 1.00 bits per heavy atom. The van der Waals surface area contributed by atoms with Crippen LogP contribution in [0.25, 0.3) is 22.2 Å². The largest absolute Gasteiger partial charge is 0.497 e. The normalized spacial score (nSPS) is 10.7. The van der Waals surface area contributed by atoms with Crippen LogP contribution < -0.4 is 14.8 Å². The highest BCUT2D eigenvalue weighted by Gasteiger charge is 2.15. The van der Waals surface area contributed by atoms with Gasteiger partial charge in [-0.15, -0.1) is 0 Å². The van der Waals surface area contributed by atoms with Crippen molar-refractivity contribution in [2.75, 3.05) is 14.2 Å². The van der Waals surface area contributed by atoms with Crippen LogP contribution in [0.1, 0.15) is 16.2 Å². The molecule has 0 aliphatic rings. The molecule has 0 aliphatic heterocycles. The van der Waals surface area contributed by atoms with Gasteiger partial charge in [0.15, 0.2) is 0 Å². The van der Waals surface area contributed by atoms with Gasteiger partial charge < -0.3 is 19.3 Å². The second-order valence-corrected chi connectivity index (χ2v) is 6.32. The van der Waals surface area contributed by atoms with Gasteiger partial charge in [0, 0.05) is 5.56 Å². The molecule has 4 aromatic rings. The highest BCUT2D eigenvalue weighted by atomic mass is 16.5. The van der Waals surface area contributed by atoms with E-state index in [1.165, 1.54) is 0 Å². The molecule has 1 heterocycles. The Kier molecular flexibility index (Phi) is 5.11. The highest BCUT2D eigenvalue weighted by molar-refractivity contribution is 6.01. The molecular formula is C22H19N3O4. The first-order valence-corrected chi connectivity index (χ1v) is 9.00. The monoisotopic (exact) mass is 389 g/mol.